The first-order valence-corrected chi connectivity index (χ1v) is 10.6. The van der Waals surface area contributed by atoms with Crippen molar-refractivity contribution in [2.75, 3.05) is 19.7 Å². The fraction of sp³-hybridized carbons (Fsp3) is 0.318. The van der Waals surface area contributed by atoms with Gasteiger partial charge in [0.05, 0.1) is 22.3 Å². The fourth-order valence-corrected chi connectivity index (χ4v) is 4.00. The van der Waals surface area contributed by atoms with E-state index in [4.69, 9.17) is 27.9 Å². The zero-order chi connectivity index (χ0) is 20.4. The van der Waals surface area contributed by atoms with Crippen LogP contribution in [-0.2, 0) is 0 Å². The Hall–Kier alpha value is -2.21. The molecule has 0 unspecified atom stereocenters. The molecule has 3 aromatic rings. The lowest BCUT2D eigenvalue weighted by molar-refractivity contribution is 0.0929. The highest BCUT2D eigenvalue weighted by Crippen LogP contribution is 2.35. The molecule has 4 rings (SSSR count). The highest BCUT2D eigenvalue weighted by Gasteiger charge is 2.18. The van der Waals surface area contributed by atoms with E-state index in [9.17, 15) is 4.79 Å². The molecule has 2 heterocycles. The number of piperidine rings is 1. The Morgan fingerprint density at radius 2 is 1.90 bits per heavy atom. The zero-order valence-electron chi connectivity index (χ0n) is 16.1. The first-order chi connectivity index (χ1) is 14.0. The Morgan fingerprint density at radius 1 is 1.14 bits per heavy atom. The average Bonchev–Trinajstić information content (AvgIpc) is 3.11. The van der Waals surface area contributed by atoms with E-state index in [1.807, 2.05) is 37.3 Å². The van der Waals surface area contributed by atoms with Gasteiger partial charge in [0.1, 0.15) is 5.75 Å². The number of H-pyrrole nitrogens is 1. The molecule has 1 saturated heterocycles. The molecule has 5 nitrogen and oxygen atoms in total. The lowest BCUT2D eigenvalue weighted by atomic mass is 10.0. The van der Waals surface area contributed by atoms with Crippen LogP contribution in [0.15, 0.2) is 36.4 Å². The minimum Gasteiger partial charge on any atom is -0.493 e. The van der Waals surface area contributed by atoms with Gasteiger partial charge in [-0.2, -0.15) is 0 Å². The maximum Gasteiger partial charge on any atom is 0.251 e. The highest BCUT2D eigenvalue weighted by atomic mass is 35.5. The number of aromatic nitrogens is 1. The van der Waals surface area contributed by atoms with E-state index >= 15 is 0 Å². The number of amides is 1. The Bertz CT molecular complexity index is 1000. The maximum atomic E-state index is 12.7. The van der Waals surface area contributed by atoms with Gasteiger partial charge in [0.15, 0.2) is 0 Å². The second kappa shape index (κ2) is 8.66. The van der Waals surface area contributed by atoms with Crippen LogP contribution < -0.4 is 15.4 Å². The van der Waals surface area contributed by atoms with Gasteiger partial charge in [0, 0.05) is 28.1 Å². The predicted molar refractivity (Wildman–Crippen MR) is 118 cm³/mol. The molecule has 1 aromatic heterocycles. The van der Waals surface area contributed by atoms with Gasteiger partial charge in [-0.05, 0) is 69.3 Å². The summed E-state index contributed by atoms with van der Waals surface area (Å²) in [6.45, 7) is 4.30. The largest absolute Gasteiger partial charge is 0.493 e. The number of hydrogen-bond acceptors (Lipinski definition) is 3. The van der Waals surface area contributed by atoms with Crippen LogP contribution in [0.1, 0.15) is 30.1 Å². The number of benzene rings is 2. The molecular weight excluding hydrogens is 409 g/mol. The summed E-state index contributed by atoms with van der Waals surface area (Å²) < 4.78 is 5.85. The zero-order valence-corrected chi connectivity index (χ0v) is 17.7. The van der Waals surface area contributed by atoms with Crippen molar-refractivity contribution in [2.24, 2.45) is 0 Å². The number of ether oxygens (including phenoxy) is 1. The second-order valence-electron chi connectivity index (χ2n) is 7.18. The molecule has 1 aliphatic heterocycles. The molecule has 7 heteroatoms. The van der Waals surface area contributed by atoms with Gasteiger partial charge in [-0.15, -0.1) is 0 Å². The number of halogens is 2. The summed E-state index contributed by atoms with van der Waals surface area (Å²) >= 11 is 12.3. The Balaban J connectivity index is 1.64. The van der Waals surface area contributed by atoms with E-state index < -0.39 is 0 Å². The Kier molecular flexibility index (Phi) is 5.99. The summed E-state index contributed by atoms with van der Waals surface area (Å²) in [7, 11) is 0. The number of carbonyl (C=O) groups is 1. The minimum atomic E-state index is -0.0698. The molecule has 3 N–H and O–H groups in total. The van der Waals surface area contributed by atoms with E-state index in [-0.39, 0.29) is 11.9 Å². The molecule has 0 bridgehead atoms. The van der Waals surface area contributed by atoms with E-state index in [2.05, 4.69) is 15.6 Å². The smallest absolute Gasteiger partial charge is 0.251 e. The maximum absolute atomic E-state index is 12.7. The minimum absolute atomic E-state index is 0.0698. The molecule has 2 aromatic carbocycles. The molecule has 152 valence electrons. The highest BCUT2D eigenvalue weighted by molar-refractivity contribution is 6.42. The van der Waals surface area contributed by atoms with Crippen LogP contribution >= 0.6 is 23.2 Å². The van der Waals surface area contributed by atoms with E-state index in [0.717, 1.165) is 48.1 Å². The number of nitrogens with one attached hydrogen (secondary N) is 3. The van der Waals surface area contributed by atoms with Gasteiger partial charge in [-0.3, -0.25) is 4.79 Å². The standard InChI is InChI=1S/C22H23Cl2N3O2/c1-2-29-21-11-13(22(28)26-15-5-7-25-8-6-15)3-4-16(21)20-10-14-9-17(23)18(24)12-19(14)27-20/h3-4,9-12,15,25,27H,2,5-8H2,1H3,(H,26,28). The lowest BCUT2D eigenvalue weighted by Crippen LogP contribution is -2.42. The normalized spacial score (nSPS) is 14.9. The first-order valence-electron chi connectivity index (χ1n) is 9.81. The number of aromatic amines is 1. The summed E-state index contributed by atoms with van der Waals surface area (Å²) in [5.41, 5.74) is 3.25. The van der Waals surface area contributed by atoms with E-state index in [0.29, 0.717) is 28.0 Å². The van der Waals surface area contributed by atoms with Crippen molar-refractivity contribution in [1.29, 1.82) is 0 Å². The van der Waals surface area contributed by atoms with Crippen molar-refractivity contribution in [2.45, 2.75) is 25.8 Å². The van der Waals surface area contributed by atoms with E-state index in [1.54, 1.807) is 6.07 Å². The third-order valence-electron chi connectivity index (χ3n) is 5.17. The Morgan fingerprint density at radius 3 is 2.66 bits per heavy atom. The van der Waals surface area contributed by atoms with Crippen LogP contribution in [0.4, 0.5) is 0 Å². The van der Waals surface area contributed by atoms with Crippen LogP contribution in [0.3, 0.4) is 0 Å². The van der Waals surface area contributed by atoms with Crippen LogP contribution in [0, 0.1) is 0 Å². The van der Waals surface area contributed by atoms with Crippen molar-refractivity contribution in [3.05, 3.63) is 52.0 Å². The van der Waals surface area contributed by atoms with Gasteiger partial charge in [-0.25, -0.2) is 0 Å². The van der Waals surface area contributed by atoms with Crippen LogP contribution in [0.5, 0.6) is 5.75 Å². The van der Waals surface area contributed by atoms with Gasteiger partial charge in [0.25, 0.3) is 5.91 Å². The van der Waals surface area contributed by atoms with Gasteiger partial charge >= 0.3 is 0 Å². The topological polar surface area (TPSA) is 66.2 Å². The molecular formula is C22H23Cl2N3O2. The van der Waals surface area contributed by atoms with Gasteiger partial charge < -0.3 is 20.4 Å². The summed E-state index contributed by atoms with van der Waals surface area (Å²) in [6.07, 6.45) is 1.89. The number of hydrogen-bond donors (Lipinski definition) is 3. The molecule has 1 amide bonds. The monoisotopic (exact) mass is 431 g/mol. The van der Waals surface area contributed by atoms with Gasteiger partial charge in [-0.1, -0.05) is 23.2 Å². The van der Waals surface area contributed by atoms with Gasteiger partial charge in [0.2, 0.25) is 0 Å². The molecule has 29 heavy (non-hydrogen) atoms. The summed E-state index contributed by atoms with van der Waals surface area (Å²) in [4.78, 5) is 16.1. The number of fused-ring (bicyclic) bond motifs is 1. The molecule has 1 fully saturated rings. The number of rotatable bonds is 5. The van der Waals surface area contributed by atoms with Crippen molar-refractivity contribution < 1.29 is 9.53 Å². The molecule has 0 spiro atoms. The predicted octanol–water partition coefficient (Wildman–Crippen LogP) is 5.02. The van der Waals surface area contributed by atoms with Crippen LogP contribution in [0.25, 0.3) is 22.2 Å². The van der Waals surface area contributed by atoms with Crippen LogP contribution in [-0.4, -0.2) is 36.6 Å². The molecule has 0 aliphatic carbocycles. The molecule has 0 radical (unpaired) electrons. The van der Waals surface area contributed by atoms with E-state index in [1.165, 1.54) is 0 Å². The molecule has 1 aliphatic rings. The average molecular weight is 432 g/mol. The fourth-order valence-electron chi connectivity index (χ4n) is 3.67. The molecule has 0 saturated carbocycles. The summed E-state index contributed by atoms with van der Waals surface area (Å²) in [6, 6.07) is 11.4. The summed E-state index contributed by atoms with van der Waals surface area (Å²) in [5.74, 6) is 0.592. The van der Waals surface area contributed by atoms with Crippen LogP contribution in [0.2, 0.25) is 10.0 Å². The SMILES string of the molecule is CCOc1cc(C(=O)NC2CCNCC2)ccc1-c1cc2cc(Cl)c(Cl)cc2[nH]1. The first kappa shape index (κ1) is 20.1. The second-order valence-corrected chi connectivity index (χ2v) is 7.99. The lowest BCUT2D eigenvalue weighted by Gasteiger charge is -2.23. The third-order valence-corrected chi connectivity index (χ3v) is 5.89. The summed E-state index contributed by atoms with van der Waals surface area (Å²) in [5, 5.41) is 8.41. The number of carbonyl (C=O) groups excluding carboxylic acids is 1. The third kappa shape index (κ3) is 4.37. The van der Waals surface area contributed by atoms with Crippen molar-refractivity contribution in [3.8, 4) is 17.0 Å². The quantitative estimate of drug-likeness (QED) is 0.530. The van der Waals surface area contributed by atoms with Crippen molar-refractivity contribution in [1.82, 2.24) is 15.6 Å². The molecule has 0 atom stereocenters. The Labute approximate surface area is 179 Å². The van der Waals surface area contributed by atoms with Crippen molar-refractivity contribution >= 4 is 40.0 Å². The van der Waals surface area contributed by atoms with Crippen molar-refractivity contribution in [3.63, 3.8) is 0 Å².